The first kappa shape index (κ1) is 18.6. The van der Waals surface area contributed by atoms with Crippen molar-refractivity contribution in [3.8, 4) is 0 Å². The Morgan fingerprint density at radius 3 is 2.11 bits per heavy atom. The van der Waals surface area contributed by atoms with Gasteiger partial charge in [-0.15, -0.1) is 0 Å². The molecule has 1 aromatic heterocycles. The average molecular weight is 386 g/mol. The van der Waals surface area contributed by atoms with E-state index in [1.54, 1.807) is 0 Å². The van der Waals surface area contributed by atoms with Gasteiger partial charge in [0.05, 0.1) is 12.5 Å². The molecule has 0 radical (unpaired) electrons. The highest BCUT2D eigenvalue weighted by molar-refractivity contribution is 5.78. The summed E-state index contributed by atoms with van der Waals surface area (Å²) >= 11 is 0. The maximum atomic E-state index is 13.0. The van der Waals surface area contributed by atoms with Crippen molar-refractivity contribution >= 4 is 5.91 Å². The minimum atomic E-state index is -0.0501. The number of aromatic nitrogens is 3. The molecule has 4 saturated carbocycles. The van der Waals surface area contributed by atoms with Crippen molar-refractivity contribution in [2.24, 2.45) is 23.7 Å². The van der Waals surface area contributed by atoms with E-state index in [9.17, 15) is 4.79 Å². The number of aryl methyl sites for hydroxylation is 2. The molecule has 4 aliphatic carbocycles. The minimum Gasteiger partial charge on any atom is -0.340 e. The third-order valence-electron chi connectivity index (χ3n) is 8.10. The molecule has 6 nitrogen and oxygen atoms in total. The summed E-state index contributed by atoms with van der Waals surface area (Å²) in [5.41, 5.74) is 0.477. The molecule has 0 spiro atoms. The van der Waals surface area contributed by atoms with Crippen LogP contribution >= 0.6 is 0 Å². The molecule has 0 aromatic carbocycles. The van der Waals surface area contributed by atoms with Gasteiger partial charge < -0.3 is 4.90 Å². The van der Waals surface area contributed by atoms with Crippen molar-refractivity contribution < 1.29 is 4.79 Å². The second-order valence-corrected chi connectivity index (χ2v) is 10.2. The number of hydrogen-bond acceptors (Lipinski definition) is 4. The SMILES string of the molecule is Cc1nc(C)n(C[C@@H](C)C(=O)N2CCN(C34CC5CC(CC(C5)C3)C4)CC2)n1. The summed E-state index contributed by atoms with van der Waals surface area (Å²) in [5.74, 6) is 4.86. The Balaban J connectivity index is 1.19. The lowest BCUT2D eigenvalue weighted by molar-refractivity contribution is -0.142. The zero-order chi connectivity index (χ0) is 19.5. The standard InChI is InChI=1S/C22H35N5O/c1-15(14-27-17(3)23-16(2)24-27)21(28)25-4-6-26(7-5-25)22-11-18-8-19(12-22)10-20(9-18)13-22/h15,18-20H,4-14H2,1-3H3/t15-,18?,19?,20?,22?/m1/s1. The van der Waals surface area contributed by atoms with Crippen LogP contribution in [0, 0.1) is 37.5 Å². The molecule has 5 aliphatic rings. The highest BCUT2D eigenvalue weighted by Gasteiger charge is 2.53. The quantitative estimate of drug-likeness (QED) is 0.800. The predicted octanol–water partition coefficient (Wildman–Crippen LogP) is 2.64. The number of rotatable bonds is 4. The fraction of sp³-hybridized carbons (Fsp3) is 0.864. The topological polar surface area (TPSA) is 54.3 Å². The lowest BCUT2D eigenvalue weighted by Gasteiger charge is -2.61. The summed E-state index contributed by atoms with van der Waals surface area (Å²) in [4.78, 5) is 22.3. The van der Waals surface area contributed by atoms with Gasteiger partial charge in [-0.2, -0.15) is 5.10 Å². The van der Waals surface area contributed by atoms with Crippen LogP contribution in [0.15, 0.2) is 0 Å². The zero-order valence-corrected chi connectivity index (χ0v) is 17.7. The third kappa shape index (κ3) is 3.17. The van der Waals surface area contributed by atoms with Gasteiger partial charge in [-0.05, 0) is 70.1 Å². The maximum Gasteiger partial charge on any atom is 0.227 e. The molecule has 4 bridgehead atoms. The van der Waals surface area contributed by atoms with Crippen LogP contribution in [0.3, 0.4) is 0 Å². The summed E-state index contributed by atoms with van der Waals surface area (Å²) < 4.78 is 1.88. The first-order valence-electron chi connectivity index (χ1n) is 11.3. The van der Waals surface area contributed by atoms with Crippen LogP contribution in [-0.2, 0) is 11.3 Å². The van der Waals surface area contributed by atoms with Crippen LogP contribution in [-0.4, -0.2) is 62.2 Å². The number of carbonyl (C=O) groups excluding carboxylic acids is 1. The Labute approximate surface area is 168 Å². The molecule has 6 rings (SSSR count). The van der Waals surface area contributed by atoms with Gasteiger partial charge in [-0.3, -0.25) is 9.69 Å². The van der Waals surface area contributed by atoms with Gasteiger partial charge in [0, 0.05) is 31.7 Å². The third-order valence-corrected chi connectivity index (χ3v) is 8.10. The Kier molecular flexibility index (Phi) is 4.53. The van der Waals surface area contributed by atoms with Gasteiger partial charge in [0.2, 0.25) is 5.91 Å². The first-order valence-corrected chi connectivity index (χ1v) is 11.3. The summed E-state index contributed by atoms with van der Waals surface area (Å²) in [5, 5.41) is 4.42. The molecule has 5 fully saturated rings. The van der Waals surface area contributed by atoms with E-state index < -0.39 is 0 Å². The van der Waals surface area contributed by atoms with Gasteiger partial charge >= 0.3 is 0 Å². The van der Waals surface area contributed by atoms with Gasteiger partial charge in [0.25, 0.3) is 0 Å². The summed E-state index contributed by atoms with van der Waals surface area (Å²) in [6, 6.07) is 0. The van der Waals surface area contributed by atoms with Gasteiger partial charge in [0.1, 0.15) is 11.6 Å². The molecule has 1 aromatic rings. The summed E-state index contributed by atoms with van der Waals surface area (Å²) in [7, 11) is 0. The van der Waals surface area contributed by atoms with Crippen molar-refractivity contribution in [1.82, 2.24) is 24.6 Å². The highest BCUT2D eigenvalue weighted by atomic mass is 16.2. The molecule has 0 unspecified atom stereocenters. The predicted molar refractivity (Wildman–Crippen MR) is 108 cm³/mol. The first-order chi connectivity index (χ1) is 13.4. The molecule has 154 valence electrons. The monoisotopic (exact) mass is 385 g/mol. The Morgan fingerprint density at radius 2 is 1.61 bits per heavy atom. The Morgan fingerprint density at radius 1 is 1.04 bits per heavy atom. The fourth-order valence-electron chi connectivity index (χ4n) is 7.24. The Bertz CT molecular complexity index is 713. The normalized spacial score (nSPS) is 36.1. The lowest BCUT2D eigenvalue weighted by atomic mass is 9.52. The zero-order valence-electron chi connectivity index (χ0n) is 17.7. The Hall–Kier alpha value is -1.43. The smallest absolute Gasteiger partial charge is 0.227 e. The molecule has 1 atom stereocenters. The number of piperazine rings is 1. The van der Waals surface area contributed by atoms with E-state index in [0.29, 0.717) is 12.1 Å². The van der Waals surface area contributed by atoms with E-state index in [0.717, 1.165) is 55.6 Å². The second-order valence-electron chi connectivity index (χ2n) is 10.2. The molecule has 1 amide bonds. The molecule has 0 N–H and O–H groups in total. The molecule has 6 heteroatoms. The largest absolute Gasteiger partial charge is 0.340 e. The van der Waals surface area contributed by atoms with E-state index in [4.69, 9.17) is 0 Å². The molecular weight excluding hydrogens is 350 g/mol. The molecular formula is C22H35N5O. The lowest BCUT2D eigenvalue weighted by Crippen LogP contribution is -2.64. The van der Waals surface area contributed by atoms with Gasteiger partial charge in [0.15, 0.2) is 0 Å². The van der Waals surface area contributed by atoms with Crippen LogP contribution in [0.4, 0.5) is 0 Å². The number of nitrogens with zero attached hydrogens (tertiary/aromatic N) is 5. The molecule has 1 aliphatic heterocycles. The summed E-state index contributed by atoms with van der Waals surface area (Å²) in [6.45, 7) is 10.4. The van der Waals surface area contributed by atoms with E-state index in [1.807, 2.05) is 25.5 Å². The number of carbonyl (C=O) groups is 1. The van der Waals surface area contributed by atoms with E-state index >= 15 is 0 Å². The van der Waals surface area contributed by atoms with Crippen molar-refractivity contribution in [2.45, 2.75) is 71.4 Å². The van der Waals surface area contributed by atoms with Gasteiger partial charge in [-0.1, -0.05) is 6.92 Å². The van der Waals surface area contributed by atoms with Gasteiger partial charge in [-0.25, -0.2) is 9.67 Å². The van der Waals surface area contributed by atoms with Crippen molar-refractivity contribution in [3.63, 3.8) is 0 Å². The minimum absolute atomic E-state index is 0.0501. The molecule has 28 heavy (non-hydrogen) atoms. The van der Waals surface area contributed by atoms with Crippen LogP contribution in [0.25, 0.3) is 0 Å². The average Bonchev–Trinajstić information content (AvgIpc) is 2.97. The van der Waals surface area contributed by atoms with Crippen molar-refractivity contribution in [3.05, 3.63) is 11.6 Å². The van der Waals surface area contributed by atoms with E-state index in [2.05, 4.69) is 19.9 Å². The van der Waals surface area contributed by atoms with E-state index in [1.165, 1.54) is 38.5 Å². The maximum absolute atomic E-state index is 13.0. The fourth-order valence-corrected chi connectivity index (χ4v) is 7.24. The number of amides is 1. The molecule has 2 heterocycles. The van der Waals surface area contributed by atoms with Crippen LogP contribution in [0.5, 0.6) is 0 Å². The second kappa shape index (κ2) is 6.82. The van der Waals surface area contributed by atoms with Crippen LogP contribution in [0.1, 0.15) is 57.1 Å². The van der Waals surface area contributed by atoms with Crippen LogP contribution in [0.2, 0.25) is 0 Å². The van der Waals surface area contributed by atoms with Crippen molar-refractivity contribution in [2.75, 3.05) is 26.2 Å². The van der Waals surface area contributed by atoms with Crippen LogP contribution < -0.4 is 0 Å². The van der Waals surface area contributed by atoms with Crippen molar-refractivity contribution in [1.29, 1.82) is 0 Å². The van der Waals surface area contributed by atoms with E-state index in [-0.39, 0.29) is 11.8 Å². The highest BCUT2D eigenvalue weighted by Crippen LogP contribution is 2.57. The summed E-state index contributed by atoms with van der Waals surface area (Å²) in [6.07, 6.45) is 8.76. The molecule has 1 saturated heterocycles. The number of hydrogen-bond donors (Lipinski definition) is 0.